The monoisotopic (exact) mass is 234 g/mol. The van der Waals surface area contributed by atoms with Crippen LogP contribution < -0.4 is 9.47 Å². The molecule has 1 saturated carbocycles. The number of hydrogen-bond acceptors (Lipinski definition) is 3. The zero-order chi connectivity index (χ0) is 12.3. The lowest BCUT2D eigenvalue weighted by atomic mass is 9.83. The topological polar surface area (TPSA) is 35.5 Å². The largest absolute Gasteiger partial charge is 0.497 e. The van der Waals surface area contributed by atoms with Crippen molar-refractivity contribution in [1.82, 2.24) is 0 Å². The first-order valence-corrected chi connectivity index (χ1v) is 5.97. The minimum Gasteiger partial charge on any atom is -0.497 e. The van der Waals surface area contributed by atoms with Crippen molar-refractivity contribution in [3.05, 3.63) is 23.8 Å². The van der Waals surface area contributed by atoms with Crippen LogP contribution in [0.15, 0.2) is 18.2 Å². The van der Waals surface area contributed by atoms with Crippen molar-refractivity contribution < 1.29 is 14.3 Å². The van der Waals surface area contributed by atoms with Crippen molar-refractivity contribution in [3.63, 3.8) is 0 Å². The van der Waals surface area contributed by atoms with Crippen molar-refractivity contribution >= 4 is 5.78 Å². The molecule has 1 fully saturated rings. The van der Waals surface area contributed by atoms with E-state index in [1.54, 1.807) is 14.2 Å². The Morgan fingerprint density at radius 2 is 1.76 bits per heavy atom. The van der Waals surface area contributed by atoms with Crippen LogP contribution in [-0.2, 0) is 4.79 Å². The van der Waals surface area contributed by atoms with Gasteiger partial charge in [-0.1, -0.05) is 0 Å². The molecule has 2 rings (SSSR count). The maximum absolute atomic E-state index is 11.5. The molecule has 0 amide bonds. The average molecular weight is 234 g/mol. The zero-order valence-electron chi connectivity index (χ0n) is 10.4. The summed E-state index contributed by atoms with van der Waals surface area (Å²) in [6.45, 7) is 0. The van der Waals surface area contributed by atoms with E-state index >= 15 is 0 Å². The highest BCUT2D eigenvalue weighted by Gasteiger charge is 2.21. The molecule has 0 spiro atoms. The number of Topliss-reactive ketones (excluding diaryl/α,β-unsaturated/α-hetero) is 1. The second-order valence-electron chi connectivity index (χ2n) is 4.48. The number of methoxy groups -OCH3 is 2. The first kappa shape index (κ1) is 12.0. The fourth-order valence-electron chi connectivity index (χ4n) is 2.37. The van der Waals surface area contributed by atoms with Crippen LogP contribution in [0.4, 0.5) is 0 Å². The molecule has 0 aliphatic heterocycles. The molecule has 3 heteroatoms. The number of benzene rings is 1. The van der Waals surface area contributed by atoms with Gasteiger partial charge in [-0.3, -0.25) is 4.79 Å². The summed E-state index contributed by atoms with van der Waals surface area (Å²) in [4.78, 5) is 11.5. The second kappa shape index (κ2) is 5.21. The molecule has 0 heterocycles. The lowest BCUT2D eigenvalue weighted by Gasteiger charge is -2.22. The van der Waals surface area contributed by atoms with Gasteiger partial charge < -0.3 is 9.47 Å². The Kier molecular flexibility index (Phi) is 3.67. The van der Waals surface area contributed by atoms with E-state index in [9.17, 15) is 4.79 Å². The van der Waals surface area contributed by atoms with E-state index in [1.165, 1.54) is 0 Å². The Morgan fingerprint density at radius 3 is 2.29 bits per heavy atom. The summed E-state index contributed by atoms with van der Waals surface area (Å²) < 4.78 is 10.5. The standard InChI is InChI=1S/C14H18O3/c1-16-13-7-11(8-14(9-13)17-2)10-4-3-5-12(15)6-10/h7-10H,3-6H2,1-2H3. The van der Waals surface area contributed by atoms with Crippen LogP contribution in [0.5, 0.6) is 11.5 Å². The molecule has 1 aliphatic carbocycles. The van der Waals surface area contributed by atoms with E-state index in [1.807, 2.05) is 18.2 Å². The number of ketones is 1. The van der Waals surface area contributed by atoms with Gasteiger partial charge in [-0.2, -0.15) is 0 Å². The summed E-state index contributed by atoms with van der Waals surface area (Å²) in [5.74, 6) is 2.26. The molecule has 0 saturated heterocycles. The highest BCUT2D eigenvalue weighted by molar-refractivity contribution is 5.80. The lowest BCUT2D eigenvalue weighted by molar-refractivity contribution is -0.120. The van der Waals surface area contributed by atoms with Gasteiger partial charge >= 0.3 is 0 Å². The van der Waals surface area contributed by atoms with E-state index in [-0.39, 0.29) is 0 Å². The van der Waals surface area contributed by atoms with Crippen molar-refractivity contribution in [2.24, 2.45) is 0 Å². The molecule has 92 valence electrons. The molecule has 0 radical (unpaired) electrons. The first-order chi connectivity index (χ1) is 8.22. The summed E-state index contributed by atoms with van der Waals surface area (Å²) in [6.07, 6.45) is 3.44. The normalized spacial score (nSPS) is 20.1. The molecule has 1 aliphatic rings. The molecular weight excluding hydrogens is 216 g/mol. The molecule has 1 unspecified atom stereocenters. The fraction of sp³-hybridized carbons (Fsp3) is 0.500. The third kappa shape index (κ3) is 2.78. The highest BCUT2D eigenvalue weighted by Crippen LogP contribution is 2.35. The van der Waals surface area contributed by atoms with Crippen molar-refractivity contribution in [1.29, 1.82) is 0 Å². The molecular formula is C14H18O3. The smallest absolute Gasteiger partial charge is 0.133 e. The molecule has 0 aromatic heterocycles. The quantitative estimate of drug-likeness (QED) is 0.806. The third-order valence-corrected chi connectivity index (χ3v) is 3.33. The van der Waals surface area contributed by atoms with E-state index < -0.39 is 0 Å². The van der Waals surface area contributed by atoms with E-state index in [0.29, 0.717) is 18.1 Å². The van der Waals surface area contributed by atoms with Crippen LogP contribution >= 0.6 is 0 Å². The number of ether oxygens (including phenoxy) is 2. The van der Waals surface area contributed by atoms with Crippen LogP contribution in [0.3, 0.4) is 0 Å². The predicted molar refractivity (Wildman–Crippen MR) is 65.8 cm³/mol. The maximum atomic E-state index is 11.5. The van der Waals surface area contributed by atoms with Crippen molar-refractivity contribution in [2.45, 2.75) is 31.6 Å². The lowest BCUT2D eigenvalue weighted by Crippen LogP contribution is -2.13. The van der Waals surface area contributed by atoms with Crippen LogP contribution in [0.2, 0.25) is 0 Å². The molecule has 1 aromatic carbocycles. The van der Waals surface area contributed by atoms with Crippen LogP contribution in [0, 0.1) is 0 Å². The van der Waals surface area contributed by atoms with Gasteiger partial charge in [0.15, 0.2) is 0 Å². The molecule has 1 atom stereocenters. The average Bonchev–Trinajstić information content (AvgIpc) is 2.38. The Labute approximate surface area is 102 Å². The first-order valence-electron chi connectivity index (χ1n) is 5.97. The molecule has 3 nitrogen and oxygen atoms in total. The summed E-state index contributed by atoms with van der Waals surface area (Å²) in [5, 5.41) is 0. The molecule has 17 heavy (non-hydrogen) atoms. The third-order valence-electron chi connectivity index (χ3n) is 3.33. The molecule has 0 N–H and O–H groups in total. The number of carbonyl (C=O) groups is 1. The van der Waals surface area contributed by atoms with Gasteiger partial charge in [0.2, 0.25) is 0 Å². The maximum Gasteiger partial charge on any atom is 0.133 e. The Balaban J connectivity index is 2.26. The summed E-state index contributed by atoms with van der Waals surface area (Å²) in [6, 6.07) is 5.87. The number of rotatable bonds is 3. The van der Waals surface area contributed by atoms with Crippen molar-refractivity contribution in [3.8, 4) is 11.5 Å². The molecule has 0 bridgehead atoms. The van der Waals surface area contributed by atoms with Gasteiger partial charge in [0.05, 0.1) is 14.2 Å². The van der Waals surface area contributed by atoms with Crippen LogP contribution in [0.1, 0.15) is 37.2 Å². The van der Waals surface area contributed by atoms with Gasteiger partial charge in [-0.05, 0) is 36.5 Å². The van der Waals surface area contributed by atoms with Gasteiger partial charge in [0.1, 0.15) is 17.3 Å². The summed E-state index contributed by atoms with van der Waals surface area (Å²) >= 11 is 0. The van der Waals surface area contributed by atoms with Gasteiger partial charge in [0.25, 0.3) is 0 Å². The minimum atomic E-state index is 0.320. The summed E-state index contributed by atoms with van der Waals surface area (Å²) in [7, 11) is 3.29. The summed E-state index contributed by atoms with van der Waals surface area (Å²) in [5.41, 5.74) is 1.15. The van der Waals surface area contributed by atoms with Gasteiger partial charge in [-0.25, -0.2) is 0 Å². The number of hydrogen-bond donors (Lipinski definition) is 0. The fourth-order valence-corrected chi connectivity index (χ4v) is 2.37. The van der Waals surface area contributed by atoms with E-state index in [2.05, 4.69) is 0 Å². The molecule has 1 aromatic rings. The second-order valence-corrected chi connectivity index (χ2v) is 4.48. The van der Waals surface area contributed by atoms with Crippen LogP contribution in [-0.4, -0.2) is 20.0 Å². The van der Waals surface area contributed by atoms with E-state index in [4.69, 9.17) is 9.47 Å². The Bertz CT molecular complexity index is 390. The van der Waals surface area contributed by atoms with E-state index in [0.717, 1.165) is 36.3 Å². The van der Waals surface area contributed by atoms with Crippen LogP contribution in [0.25, 0.3) is 0 Å². The highest BCUT2D eigenvalue weighted by atomic mass is 16.5. The predicted octanol–water partition coefficient (Wildman–Crippen LogP) is 2.93. The zero-order valence-corrected chi connectivity index (χ0v) is 10.4. The minimum absolute atomic E-state index is 0.320. The SMILES string of the molecule is COc1cc(OC)cc(C2CCCC(=O)C2)c1. The van der Waals surface area contributed by atoms with Crippen molar-refractivity contribution in [2.75, 3.05) is 14.2 Å². The van der Waals surface area contributed by atoms with Gasteiger partial charge in [0, 0.05) is 18.9 Å². The van der Waals surface area contributed by atoms with Gasteiger partial charge in [-0.15, -0.1) is 0 Å². The Hall–Kier alpha value is -1.51. The number of carbonyl (C=O) groups excluding carboxylic acids is 1. The Morgan fingerprint density at radius 1 is 1.12 bits per heavy atom.